The van der Waals surface area contributed by atoms with Crippen molar-refractivity contribution in [3.8, 4) is 0 Å². The zero-order valence-electron chi connectivity index (χ0n) is 7.22. The Balaban J connectivity index is 3.85. The monoisotopic (exact) mass is 157 g/mol. The Hall–Kier alpha value is -0.830. The lowest BCUT2D eigenvalue weighted by Crippen LogP contribution is -2.27. The summed E-state index contributed by atoms with van der Waals surface area (Å²) in [6, 6.07) is 0.00519. The molecule has 0 fully saturated rings. The molecule has 0 aliphatic heterocycles. The Labute approximate surface area is 67.1 Å². The van der Waals surface area contributed by atoms with Crippen LogP contribution in [0.4, 0.5) is 0 Å². The number of carbonyl (C=O) groups excluding carboxylic acids is 1. The zero-order valence-corrected chi connectivity index (χ0v) is 7.22. The Morgan fingerprint density at radius 1 is 1.64 bits per heavy atom. The summed E-state index contributed by atoms with van der Waals surface area (Å²) in [7, 11) is 0. The van der Waals surface area contributed by atoms with Crippen LogP contribution in [0, 0.1) is 0 Å². The van der Waals surface area contributed by atoms with E-state index >= 15 is 0 Å². The zero-order chi connectivity index (χ0) is 8.85. The van der Waals surface area contributed by atoms with Crippen LogP contribution in [-0.2, 0) is 4.79 Å². The molecule has 0 aromatic heterocycles. The van der Waals surface area contributed by atoms with Gasteiger partial charge in [0.1, 0.15) is 0 Å². The molecule has 0 aromatic carbocycles. The van der Waals surface area contributed by atoms with Crippen LogP contribution in [0.25, 0.3) is 0 Å². The fourth-order valence-corrected chi connectivity index (χ4v) is 0.781. The number of allylic oxidation sites excluding steroid dienone is 2. The molecular weight excluding hydrogens is 142 g/mol. The number of hydrogen-bond acceptors (Lipinski definition) is 3. The third-order valence-electron chi connectivity index (χ3n) is 1.17. The molecule has 0 aliphatic rings. The van der Waals surface area contributed by atoms with Crippen LogP contribution in [0.5, 0.6) is 0 Å². The Bertz CT molecular complexity index is 163. The molecule has 0 heterocycles. The van der Waals surface area contributed by atoms with Crippen molar-refractivity contribution in [2.75, 3.05) is 6.61 Å². The van der Waals surface area contributed by atoms with E-state index in [4.69, 9.17) is 5.11 Å². The van der Waals surface area contributed by atoms with Crippen LogP contribution in [-0.4, -0.2) is 23.5 Å². The van der Waals surface area contributed by atoms with Crippen LogP contribution >= 0.6 is 0 Å². The summed E-state index contributed by atoms with van der Waals surface area (Å²) in [6.45, 7) is 5.21. The second-order valence-corrected chi connectivity index (χ2v) is 2.67. The molecule has 0 saturated heterocycles. The number of rotatable bonds is 4. The molecule has 3 nitrogen and oxygen atoms in total. The van der Waals surface area contributed by atoms with E-state index in [2.05, 4.69) is 5.32 Å². The second-order valence-electron chi connectivity index (χ2n) is 2.67. The standard InChI is InChI=1S/C8H15NO2/c1-6(4-8(3)11)9-7(2)5-10/h4,7,9-10H,5H2,1-3H3/b6-4+. The van der Waals surface area contributed by atoms with E-state index in [-0.39, 0.29) is 18.4 Å². The van der Waals surface area contributed by atoms with E-state index in [1.807, 2.05) is 6.92 Å². The predicted octanol–water partition coefficient (Wildman–Crippen LogP) is 0.450. The fraction of sp³-hybridized carbons (Fsp3) is 0.625. The lowest BCUT2D eigenvalue weighted by molar-refractivity contribution is -0.112. The highest BCUT2D eigenvalue weighted by Gasteiger charge is 1.97. The lowest BCUT2D eigenvalue weighted by Gasteiger charge is -2.11. The first-order chi connectivity index (χ1) is 5.06. The topological polar surface area (TPSA) is 49.3 Å². The molecule has 11 heavy (non-hydrogen) atoms. The Kier molecular flexibility index (Phi) is 4.54. The van der Waals surface area contributed by atoms with Crippen molar-refractivity contribution in [3.63, 3.8) is 0 Å². The number of ketones is 1. The van der Waals surface area contributed by atoms with Crippen molar-refractivity contribution >= 4 is 5.78 Å². The molecule has 3 heteroatoms. The highest BCUT2D eigenvalue weighted by Crippen LogP contribution is 1.90. The van der Waals surface area contributed by atoms with Crippen LogP contribution in [0.2, 0.25) is 0 Å². The first kappa shape index (κ1) is 10.2. The molecule has 0 spiro atoms. The summed E-state index contributed by atoms with van der Waals surface area (Å²) in [5.41, 5.74) is 0.791. The molecule has 0 aliphatic carbocycles. The van der Waals surface area contributed by atoms with E-state index in [9.17, 15) is 4.79 Å². The van der Waals surface area contributed by atoms with Crippen molar-refractivity contribution in [1.82, 2.24) is 5.32 Å². The summed E-state index contributed by atoms with van der Waals surface area (Å²) in [6.07, 6.45) is 1.51. The third kappa shape index (κ3) is 5.61. The van der Waals surface area contributed by atoms with E-state index in [1.165, 1.54) is 13.0 Å². The first-order valence-corrected chi connectivity index (χ1v) is 3.62. The van der Waals surface area contributed by atoms with Crippen molar-refractivity contribution in [2.24, 2.45) is 0 Å². The van der Waals surface area contributed by atoms with Gasteiger partial charge in [-0.1, -0.05) is 0 Å². The second kappa shape index (κ2) is 4.91. The highest BCUT2D eigenvalue weighted by atomic mass is 16.3. The van der Waals surface area contributed by atoms with Gasteiger partial charge in [0.2, 0.25) is 0 Å². The van der Waals surface area contributed by atoms with Gasteiger partial charge in [-0.15, -0.1) is 0 Å². The van der Waals surface area contributed by atoms with Gasteiger partial charge >= 0.3 is 0 Å². The molecule has 0 radical (unpaired) electrons. The van der Waals surface area contributed by atoms with Crippen LogP contribution in [0.15, 0.2) is 11.8 Å². The van der Waals surface area contributed by atoms with Crippen LogP contribution < -0.4 is 5.32 Å². The summed E-state index contributed by atoms with van der Waals surface area (Å²) in [4.78, 5) is 10.5. The number of aliphatic hydroxyl groups excluding tert-OH is 1. The van der Waals surface area contributed by atoms with Gasteiger partial charge in [0.25, 0.3) is 0 Å². The molecule has 1 atom stereocenters. The van der Waals surface area contributed by atoms with E-state index in [0.29, 0.717) is 0 Å². The normalized spacial score (nSPS) is 14.4. The average molecular weight is 157 g/mol. The number of carbonyl (C=O) groups is 1. The first-order valence-electron chi connectivity index (χ1n) is 3.62. The largest absolute Gasteiger partial charge is 0.394 e. The van der Waals surface area contributed by atoms with Gasteiger partial charge in [0, 0.05) is 11.7 Å². The van der Waals surface area contributed by atoms with Gasteiger partial charge in [-0.3, -0.25) is 4.79 Å². The summed E-state index contributed by atoms with van der Waals surface area (Å²) in [5, 5.41) is 11.6. The summed E-state index contributed by atoms with van der Waals surface area (Å²) >= 11 is 0. The molecule has 64 valence electrons. The SMILES string of the molecule is CC(=O)/C=C(\C)NC(C)CO. The van der Waals surface area contributed by atoms with Crippen LogP contribution in [0.3, 0.4) is 0 Å². The maximum atomic E-state index is 10.5. The van der Waals surface area contributed by atoms with Crippen molar-refractivity contribution in [2.45, 2.75) is 26.8 Å². The van der Waals surface area contributed by atoms with E-state index in [1.54, 1.807) is 6.92 Å². The average Bonchev–Trinajstić information content (AvgIpc) is 1.85. The lowest BCUT2D eigenvalue weighted by atomic mass is 10.3. The van der Waals surface area contributed by atoms with Gasteiger partial charge < -0.3 is 10.4 Å². The molecule has 0 amide bonds. The van der Waals surface area contributed by atoms with Gasteiger partial charge in [0.15, 0.2) is 5.78 Å². The van der Waals surface area contributed by atoms with Crippen molar-refractivity contribution in [3.05, 3.63) is 11.8 Å². The fourth-order valence-electron chi connectivity index (χ4n) is 0.781. The van der Waals surface area contributed by atoms with E-state index < -0.39 is 0 Å². The smallest absolute Gasteiger partial charge is 0.154 e. The molecule has 0 rings (SSSR count). The third-order valence-corrected chi connectivity index (χ3v) is 1.17. The number of nitrogens with one attached hydrogen (secondary N) is 1. The number of aliphatic hydroxyl groups is 1. The van der Waals surface area contributed by atoms with Gasteiger partial charge in [-0.2, -0.15) is 0 Å². The molecule has 1 unspecified atom stereocenters. The van der Waals surface area contributed by atoms with Gasteiger partial charge in [0.05, 0.1) is 6.61 Å². The minimum atomic E-state index is 0.00519. The minimum Gasteiger partial charge on any atom is -0.394 e. The molecule has 0 bridgehead atoms. The highest BCUT2D eigenvalue weighted by molar-refractivity contribution is 5.87. The molecular formula is C8H15NO2. The molecule has 0 aromatic rings. The summed E-state index contributed by atoms with van der Waals surface area (Å²) < 4.78 is 0. The quantitative estimate of drug-likeness (QED) is 0.582. The van der Waals surface area contributed by atoms with Crippen LogP contribution in [0.1, 0.15) is 20.8 Å². The predicted molar refractivity (Wildman–Crippen MR) is 44.1 cm³/mol. The van der Waals surface area contributed by atoms with Gasteiger partial charge in [-0.05, 0) is 26.8 Å². The Morgan fingerprint density at radius 2 is 2.18 bits per heavy atom. The van der Waals surface area contributed by atoms with E-state index in [0.717, 1.165) is 5.70 Å². The number of hydrogen-bond donors (Lipinski definition) is 2. The van der Waals surface area contributed by atoms with Crippen molar-refractivity contribution in [1.29, 1.82) is 0 Å². The maximum Gasteiger partial charge on any atom is 0.154 e. The molecule has 0 saturated carbocycles. The van der Waals surface area contributed by atoms with Gasteiger partial charge in [-0.25, -0.2) is 0 Å². The summed E-state index contributed by atoms with van der Waals surface area (Å²) in [5.74, 6) is 0.0140. The van der Waals surface area contributed by atoms with Crippen molar-refractivity contribution < 1.29 is 9.90 Å². The molecule has 2 N–H and O–H groups in total. The minimum absolute atomic E-state index is 0.00519. The Morgan fingerprint density at radius 3 is 2.55 bits per heavy atom. The maximum absolute atomic E-state index is 10.5.